The van der Waals surface area contributed by atoms with E-state index in [-0.39, 0.29) is 41.1 Å². The minimum atomic E-state index is -0.630. The Bertz CT molecular complexity index is 2560. The highest BCUT2D eigenvalue weighted by Gasteiger charge is 2.24. The van der Waals surface area contributed by atoms with E-state index in [1.807, 2.05) is 70.3 Å². The number of hydrogen-bond acceptors (Lipinski definition) is 11. The molecule has 2 amide bonds. The molecule has 352 valence electrons. The molecule has 9 N–H and O–H groups in total. The number of carbonyl (C=O) groups excluding carboxylic acids is 2. The molecule has 2 aliphatic rings. The van der Waals surface area contributed by atoms with Crippen molar-refractivity contribution >= 4 is 63.7 Å². The van der Waals surface area contributed by atoms with Gasteiger partial charge in [-0.1, -0.05) is 31.2 Å². The maximum absolute atomic E-state index is 14.3. The topological polar surface area (TPSA) is 207 Å². The second-order valence-corrected chi connectivity index (χ2v) is 18.3. The molecule has 0 fully saturated rings. The van der Waals surface area contributed by atoms with Gasteiger partial charge in [-0.2, -0.15) is 4.39 Å². The highest BCUT2D eigenvalue weighted by Crippen LogP contribution is 2.33. The van der Waals surface area contributed by atoms with Gasteiger partial charge in [0, 0.05) is 90.0 Å². The Kier molecular flexibility index (Phi) is 17.4. The number of nitrogens with one attached hydrogen (secondary N) is 7. The summed E-state index contributed by atoms with van der Waals surface area (Å²) in [5, 5.41) is 15.3. The van der Waals surface area contributed by atoms with Gasteiger partial charge in [-0.3, -0.25) is 14.5 Å². The summed E-state index contributed by atoms with van der Waals surface area (Å²) < 4.78 is 14.3. The van der Waals surface area contributed by atoms with Crippen LogP contribution in [0.4, 0.5) is 21.8 Å². The lowest BCUT2D eigenvalue weighted by atomic mass is 10.1. The van der Waals surface area contributed by atoms with Gasteiger partial charge in [0.1, 0.15) is 11.0 Å². The van der Waals surface area contributed by atoms with Gasteiger partial charge in [0.05, 0.1) is 22.2 Å². The molecule has 6 aromatic rings. The second-order valence-electron chi connectivity index (χ2n) is 18.3. The number of aromatic nitrogens is 6. The molecule has 0 saturated carbocycles. The van der Waals surface area contributed by atoms with E-state index >= 15 is 0 Å². The van der Waals surface area contributed by atoms with Crippen LogP contribution in [0.15, 0.2) is 48.5 Å². The molecular weight excluding hydrogens is 845 g/mol. The molecular formula is C48H69ClFN13O2. The first kappa shape index (κ1) is 51.8. The summed E-state index contributed by atoms with van der Waals surface area (Å²) in [7, 11) is 3.34. The van der Waals surface area contributed by atoms with E-state index in [0.717, 1.165) is 64.3 Å². The van der Waals surface area contributed by atoms with Crippen LogP contribution in [0.25, 0.3) is 44.6 Å². The van der Waals surface area contributed by atoms with Gasteiger partial charge in [0.25, 0.3) is 17.8 Å². The zero-order valence-electron chi connectivity index (χ0n) is 40.2. The molecule has 0 bridgehead atoms. The Hall–Kier alpha value is -5.84. The van der Waals surface area contributed by atoms with Crippen molar-refractivity contribution in [2.75, 3.05) is 49.7 Å². The van der Waals surface area contributed by atoms with Crippen LogP contribution in [0.3, 0.4) is 0 Å². The van der Waals surface area contributed by atoms with Crippen molar-refractivity contribution < 1.29 is 14.0 Å². The van der Waals surface area contributed by atoms with E-state index in [2.05, 4.69) is 113 Å². The molecule has 0 spiro atoms. The lowest BCUT2D eigenvalue weighted by molar-refractivity contribution is 0.0937. The predicted octanol–water partition coefficient (Wildman–Crippen LogP) is 8.55. The number of nitrogens with zero attached hydrogens (tertiary/aromatic N) is 5. The van der Waals surface area contributed by atoms with Crippen LogP contribution in [-0.2, 0) is 12.8 Å². The number of anilines is 3. The van der Waals surface area contributed by atoms with E-state index in [9.17, 15) is 14.0 Å². The molecule has 2 aliphatic heterocycles. The monoisotopic (exact) mass is 914 g/mol. The Labute approximate surface area is 389 Å². The fraction of sp³-hybridized carbons (Fsp3) is 0.458. The van der Waals surface area contributed by atoms with Gasteiger partial charge in [-0.15, -0.1) is 12.4 Å². The predicted molar refractivity (Wildman–Crippen MR) is 267 cm³/mol. The quantitative estimate of drug-likeness (QED) is 0.0726. The SMILES string of the molecule is CC(C)(C)Nc1nc2c(-c3cc4c([nH]3)CCNC4=O)cccc2nc1F.CCN(C(C)C)C(C)C.CN.CNc1nc2cccc(-c3cc4c([nH]3)CCNC4=O)c2nc1NC(C)(C)C.Cl. The molecule has 8 rings (SSSR count). The maximum atomic E-state index is 14.3. The molecule has 2 aromatic carbocycles. The van der Waals surface area contributed by atoms with Gasteiger partial charge in [-0.05, 0) is 107 Å². The van der Waals surface area contributed by atoms with E-state index in [1.165, 1.54) is 7.05 Å². The van der Waals surface area contributed by atoms with Crippen LogP contribution >= 0.6 is 12.4 Å². The third kappa shape index (κ3) is 12.7. The maximum Gasteiger partial charge on any atom is 0.256 e. The van der Waals surface area contributed by atoms with Crippen LogP contribution in [0.5, 0.6) is 0 Å². The summed E-state index contributed by atoms with van der Waals surface area (Å²) >= 11 is 0. The molecule has 65 heavy (non-hydrogen) atoms. The Balaban J connectivity index is 0.000000230. The lowest BCUT2D eigenvalue weighted by Gasteiger charge is -2.28. The minimum Gasteiger partial charge on any atom is -0.370 e. The standard InChI is InChI=1S/C20H24N6O.C19H20FN5O.C8H19N.CH5N.ClH/c1-20(2,3)26-18-17(21-4)24-14-7-5-6-11(16(14)25-18)15-10-12-13(23-15)8-9-22-19(12)27;1-19(2,3)25-17-16(20)23-13-6-4-5-10(15(13)24-17)14-9-11-12(22-14)7-8-21-18(11)26;1-6-9(7(2)3)8(4)5;1-2;/h5-7,10,23H,8-9H2,1-4H3,(H,21,24)(H,22,27)(H,25,26);4-6,9,22H,7-8H2,1-3H3,(H,21,26)(H,24,25);7-8H,6H2,1-5H3;2H2,1H3;1H. The highest BCUT2D eigenvalue weighted by molar-refractivity contribution is 6.01. The second kappa shape index (κ2) is 21.9. The van der Waals surface area contributed by atoms with Crippen LogP contribution in [0, 0.1) is 5.95 Å². The number of aromatic amines is 2. The van der Waals surface area contributed by atoms with Crippen LogP contribution in [-0.4, -0.2) is 104 Å². The number of carbonyl (C=O) groups is 2. The Morgan fingerprint density at radius 2 is 1.11 bits per heavy atom. The summed E-state index contributed by atoms with van der Waals surface area (Å²) in [4.78, 5) is 51.5. The molecule has 0 radical (unpaired) electrons. The van der Waals surface area contributed by atoms with E-state index in [4.69, 9.17) is 9.97 Å². The van der Waals surface area contributed by atoms with Gasteiger partial charge in [0.2, 0.25) is 0 Å². The van der Waals surface area contributed by atoms with Crippen molar-refractivity contribution in [1.82, 2.24) is 45.4 Å². The molecule has 0 unspecified atom stereocenters. The van der Waals surface area contributed by atoms with Gasteiger partial charge in [0.15, 0.2) is 17.5 Å². The fourth-order valence-electron chi connectivity index (χ4n) is 7.82. The van der Waals surface area contributed by atoms with Crippen molar-refractivity contribution in [3.05, 3.63) is 77.0 Å². The zero-order valence-corrected chi connectivity index (χ0v) is 41.0. The summed E-state index contributed by atoms with van der Waals surface area (Å²) in [5.41, 5.74) is 13.3. The van der Waals surface area contributed by atoms with Gasteiger partial charge >= 0.3 is 0 Å². The number of rotatable bonds is 8. The molecule has 4 aromatic heterocycles. The molecule has 0 aliphatic carbocycles. The lowest BCUT2D eigenvalue weighted by Crippen LogP contribution is -2.36. The molecule has 17 heteroatoms. The van der Waals surface area contributed by atoms with Gasteiger partial charge in [-0.25, -0.2) is 19.9 Å². The number of H-pyrrole nitrogens is 2. The van der Waals surface area contributed by atoms with Gasteiger partial charge < -0.3 is 42.3 Å². The third-order valence-electron chi connectivity index (χ3n) is 10.5. The molecule has 15 nitrogen and oxygen atoms in total. The average Bonchev–Trinajstić information content (AvgIpc) is 3.87. The summed E-state index contributed by atoms with van der Waals surface area (Å²) in [6.45, 7) is 25.7. The number of halogens is 2. The van der Waals surface area contributed by atoms with Crippen molar-refractivity contribution in [2.45, 2.75) is 112 Å². The van der Waals surface area contributed by atoms with Crippen LogP contribution < -0.4 is 32.3 Å². The highest BCUT2D eigenvalue weighted by atomic mass is 35.5. The minimum absolute atomic E-state index is 0. The first-order valence-corrected chi connectivity index (χ1v) is 22.1. The molecule has 0 atom stereocenters. The summed E-state index contributed by atoms with van der Waals surface area (Å²) in [6.07, 6.45) is 1.56. The Morgan fingerprint density at radius 3 is 1.49 bits per heavy atom. The van der Waals surface area contributed by atoms with E-state index in [0.29, 0.717) is 59.0 Å². The van der Waals surface area contributed by atoms with Crippen molar-refractivity contribution in [3.8, 4) is 22.5 Å². The normalized spacial score (nSPS) is 13.3. The number of fused-ring (bicyclic) bond motifs is 4. The third-order valence-corrected chi connectivity index (χ3v) is 10.5. The van der Waals surface area contributed by atoms with E-state index in [1.54, 1.807) is 6.07 Å². The first-order valence-electron chi connectivity index (χ1n) is 22.1. The van der Waals surface area contributed by atoms with E-state index < -0.39 is 5.95 Å². The number of nitrogens with two attached hydrogens (primary N) is 1. The number of benzene rings is 2. The molecule has 6 heterocycles. The largest absolute Gasteiger partial charge is 0.370 e. The van der Waals surface area contributed by atoms with Crippen LogP contribution in [0.2, 0.25) is 0 Å². The number of para-hydroxylation sites is 2. The fourth-order valence-corrected chi connectivity index (χ4v) is 7.82. The number of amides is 2. The smallest absolute Gasteiger partial charge is 0.256 e. The molecule has 0 saturated heterocycles. The first-order chi connectivity index (χ1) is 30.3. The van der Waals surface area contributed by atoms with Crippen LogP contribution in [0.1, 0.15) is 108 Å². The van der Waals surface area contributed by atoms with Crippen molar-refractivity contribution in [3.63, 3.8) is 0 Å². The average molecular weight is 915 g/mol. The summed E-state index contributed by atoms with van der Waals surface area (Å²) in [5.74, 6) is 0.791. The number of hydrogen-bond donors (Lipinski definition) is 8. The van der Waals surface area contributed by atoms with Crippen molar-refractivity contribution in [1.29, 1.82) is 0 Å². The van der Waals surface area contributed by atoms with Crippen molar-refractivity contribution in [2.24, 2.45) is 5.73 Å². The zero-order chi connectivity index (χ0) is 47.1. The summed E-state index contributed by atoms with van der Waals surface area (Å²) in [6, 6.07) is 16.4. The Morgan fingerprint density at radius 1 is 0.677 bits per heavy atom.